The number of benzene rings is 1. The molecule has 172 valence electrons. The van der Waals surface area contributed by atoms with Crippen molar-refractivity contribution in [1.29, 1.82) is 0 Å². The number of nitrogens with one attached hydrogen (secondary N) is 2. The Balaban J connectivity index is 1.79. The second kappa shape index (κ2) is 13.1. The van der Waals surface area contributed by atoms with E-state index in [-0.39, 0.29) is 12.8 Å². The van der Waals surface area contributed by atoms with Crippen LogP contribution in [0.1, 0.15) is 42.1 Å². The van der Waals surface area contributed by atoms with Crippen LogP contribution in [0.2, 0.25) is 0 Å². The molecule has 0 radical (unpaired) electrons. The van der Waals surface area contributed by atoms with Crippen LogP contribution in [0.5, 0.6) is 0 Å². The first-order valence-corrected chi connectivity index (χ1v) is 10.6. The summed E-state index contributed by atoms with van der Waals surface area (Å²) in [6.07, 6.45) is 4.95. The average molecular weight is 444 g/mol. The molecule has 0 saturated heterocycles. The van der Waals surface area contributed by atoms with Gasteiger partial charge in [0.15, 0.2) is 12.4 Å². The standard InChI is InChI=1S/C23H30N4O5/c1-17(15-18-7-3-2-4-8-18)25-23(31)32-16-27-13-10-19(11-14-27)21(28)26-20(22(29)30)9-5-6-12-24/h2-4,7-8,10-11,13-14,17,20H,5-6,9,12,15-16,24H2,1H3,(H2-,25,26,28,29,30,31)/p+1/t17-,20-/m0/s1. The smallest absolute Gasteiger partial charge is 0.412 e. The minimum absolute atomic E-state index is 0.0252. The maximum Gasteiger partial charge on any atom is 0.412 e. The van der Waals surface area contributed by atoms with E-state index >= 15 is 0 Å². The molecule has 9 heteroatoms. The van der Waals surface area contributed by atoms with Gasteiger partial charge >= 0.3 is 12.1 Å². The molecular formula is C23H31N4O5+. The lowest BCUT2D eigenvalue weighted by molar-refractivity contribution is -0.727. The van der Waals surface area contributed by atoms with Gasteiger partial charge < -0.3 is 26.2 Å². The van der Waals surface area contributed by atoms with Gasteiger partial charge in [0.05, 0.1) is 5.56 Å². The van der Waals surface area contributed by atoms with Crippen LogP contribution in [0.25, 0.3) is 0 Å². The summed E-state index contributed by atoms with van der Waals surface area (Å²) in [7, 11) is 0. The number of hydrogen-bond acceptors (Lipinski definition) is 5. The van der Waals surface area contributed by atoms with Crippen molar-refractivity contribution in [2.24, 2.45) is 5.73 Å². The van der Waals surface area contributed by atoms with Gasteiger partial charge in [0.1, 0.15) is 6.04 Å². The lowest BCUT2D eigenvalue weighted by Crippen LogP contribution is -2.42. The number of aromatic nitrogens is 1. The first kappa shape index (κ1) is 24.8. The van der Waals surface area contributed by atoms with Gasteiger partial charge in [-0.15, -0.1) is 0 Å². The monoisotopic (exact) mass is 443 g/mol. The Morgan fingerprint density at radius 1 is 1.06 bits per heavy atom. The van der Waals surface area contributed by atoms with Crippen LogP contribution < -0.4 is 20.9 Å². The Kier molecular flexibility index (Phi) is 10.1. The summed E-state index contributed by atoms with van der Waals surface area (Å²) in [5, 5.41) is 14.6. The number of unbranched alkanes of at least 4 members (excludes halogenated alkanes) is 1. The van der Waals surface area contributed by atoms with Gasteiger partial charge in [-0.05, 0) is 44.7 Å². The largest absolute Gasteiger partial charge is 0.480 e. The zero-order valence-corrected chi connectivity index (χ0v) is 18.2. The number of nitrogens with zero attached hydrogens (tertiary/aromatic N) is 1. The van der Waals surface area contributed by atoms with E-state index in [0.717, 1.165) is 5.56 Å². The summed E-state index contributed by atoms with van der Waals surface area (Å²) in [5.74, 6) is -1.56. The highest BCUT2D eigenvalue weighted by Crippen LogP contribution is 2.04. The fraction of sp³-hybridized carbons (Fsp3) is 0.391. The van der Waals surface area contributed by atoms with Crippen LogP contribution >= 0.6 is 0 Å². The van der Waals surface area contributed by atoms with Crippen molar-refractivity contribution in [1.82, 2.24) is 10.6 Å². The molecule has 0 fully saturated rings. The topological polar surface area (TPSA) is 135 Å². The van der Waals surface area contributed by atoms with Gasteiger partial charge in [-0.3, -0.25) is 4.79 Å². The number of hydrogen-bond donors (Lipinski definition) is 4. The molecule has 0 aliphatic carbocycles. The first-order valence-electron chi connectivity index (χ1n) is 10.6. The number of carbonyl (C=O) groups is 3. The number of carbonyl (C=O) groups excluding carboxylic acids is 2. The molecule has 9 nitrogen and oxygen atoms in total. The first-order chi connectivity index (χ1) is 15.4. The summed E-state index contributed by atoms with van der Waals surface area (Å²) >= 11 is 0. The maximum atomic E-state index is 12.3. The summed E-state index contributed by atoms with van der Waals surface area (Å²) in [4.78, 5) is 35.7. The summed E-state index contributed by atoms with van der Waals surface area (Å²) in [6.45, 7) is 2.35. The summed E-state index contributed by atoms with van der Waals surface area (Å²) in [5.41, 5.74) is 6.85. The average Bonchev–Trinajstić information content (AvgIpc) is 2.78. The quantitative estimate of drug-likeness (QED) is 0.291. The molecule has 2 rings (SSSR count). The zero-order valence-electron chi connectivity index (χ0n) is 18.2. The number of rotatable bonds is 12. The molecule has 0 spiro atoms. The minimum Gasteiger partial charge on any atom is -0.480 e. The van der Waals surface area contributed by atoms with E-state index in [1.54, 1.807) is 17.0 Å². The van der Waals surface area contributed by atoms with Crippen molar-refractivity contribution in [2.45, 2.75) is 51.4 Å². The van der Waals surface area contributed by atoms with Crippen molar-refractivity contribution >= 4 is 18.0 Å². The highest BCUT2D eigenvalue weighted by atomic mass is 16.6. The maximum absolute atomic E-state index is 12.3. The SMILES string of the molecule is C[C@@H](Cc1ccccc1)NC(=O)OC[n+]1ccc(C(=O)N[C@@H](CCCCN)C(=O)O)cc1. The number of alkyl carbamates (subject to hydrolysis) is 1. The second-order valence-electron chi connectivity index (χ2n) is 7.55. The van der Waals surface area contributed by atoms with Crippen molar-refractivity contribution in [2.75, 3.05) is 6.54 Å². The van der Waals surface area contributed by atoms with Crippen LogP contribution in [0.4, 0.5) is 4.79 Å². The molecule has 0 bridgehead atoms. The third-order valence-corrected chi connectivity index (χ3v) is 4.80. The molecule has 0 unspecified atom stereocenters. The van der Waals surface area contributed by atoms with Gasteiger partial charge in [0.25, 0.3) is 12.6 Å². The van der Waals surface area contributed by atoms with E-state index in [4.69, 9.17) is 10.5 Å². The molecule has 0 aliphatic heterocycles. The van der Waals surface area contributed by atoms with Crippen molar-refractivity contribution in [3.8, 4) is 0 Å². The Labute approximate surface area is 187 Å². The number of amides is 2. The molecule has 1 aromatic heterocycles. The van der Waals surface area contributed by atoms with E-state index in [0.29, 0.717) is 37.8 Å². The van der Waals surface area contributed by atoms with Crippen LogP contribution in [-0.2, 0) is 22.7 Å². The highest BCUT2D eigenvalue weighted by Gasteiger charge is 2.20. The van der Waals surface area contributed by atoms with Gasteiger partial charge in [-0.2, -0.15) is 4.57 Å². The Morgan fingerprint density at radius 2 is 1.75 bits per heavy atom. The Bertz CT molecular complexity index is 874. The van der Waals surface area contributed by atoms with Gasteiger partial charge in [0.2, 0.25) is 0 Å². The van der Waals surface area contributed by atoms with E-state index < -0.39 is 24.0 Å². The molecule has 5 N–H and O–H groups in total. The van der Waals surface area contributed by atoms with Crippen molar-refractivity contribution in [3.05, 3.63) is 66.0 Å². The predicted molar refractivity (Wildman–Crippen MR) is 118 cm³/mol. The number of pyridine rings is 1. The fourth-order valence-electron chi connectivity index (χ4n) is 3.08. The summed E-state index contributed by atoms with van der Waals surface area (Å²) in [6, 6.07) is 11.8. The van der Waals surface area contributed by atoms with E-state index in [1.807, 2.05) is 37.3 Å². The normalized spacial score (nSPS) is 12.4. The summed E-state index contributed by atoms with van der Waals surface area (Å²) < 4.78 is 6.80. The highest BCUT2D eigenvalue weighted by molar-refractivity contribution is 5.96. The molecule has 2 atom stereocenters. The lowest BCUT2D eigenvalue weighted by atomic mass is 10.1. The number of ether oxygens (including phenoxy) is 1. The van der Waals surface area contributed by atoms with Gasteiger partial charge in [0, 0.05) is 18.2 Å². The predicted octanol–water partition coefficient (Wildman–Crippen LogP) is 1.60. The van der Waals surface area contributed by atoms with E-state index in [1.165, 1.54) is 12.1 Å². The number of nitrogens with two attached hydrogens (primary N) is 1. The van der Waals surface area contributed by atoms with Crippen LogP contribution in [0, 0.1) is 0 Å². The molecule has 0 aliphatic rings. The minimum atomic E-state index is -1.08. The lowest BCUT2D eigenvalue weighted by Gasteiger charge is -2.14. The van der Waals surface area contributed by atoms with Crippen LogP contribution in [0.3, 0.4) is 0 Å². The van der Waals surface area contributed by atoms with Gasteiger partial charge in [-0.1, -0.05) is 30.3 Å². The third kappa shape index (κ3) is 8.73. The second-order valence-corrected chi connectivity index (χ2v) is 7.55. The molecule has 0 saturated carbocycles. The van der Waals surface area contributed by atoms with Crippen molar-refractivity contribution < 1.29 is 28.8 Å². The van der Waals surface area contributed by atoms with Crippen LogP contribution in [-0.4, -0.2) is 41.7 Å². The van der Waals surface area contributed by atoms with E-state index in [2.05, 4.69) is 10.6 Å². The number of carboxylic acid groups (broad SMARTS) is 1. The molecule has 32 heavy (non-hydrogen) atoms. The Hall–Kier alpha value is -3.46. The molecule has 2 amide bonds. The van der Waals surface area contributed by atoms with E-state index in [9.17, 15) is 19.5 Å². The van der Waals surface area contributed by atoms with Crippen molar-refractivity contribution in [3.63, 3.8) is 0 Å². The third-order valence-electron chi connectivity index (χ3n) is 4.80. The molecule has 1 aromatic carbocycles. The number of carboxylic acids is 1. The molecule has 1 heterocycles. The van der Waals surface area contributed by atoms with Gasteiger partial charge in [-0.25, -0.2) is 9.59 Å². The molecule has 2 aromatic rings. The Morgan fingerprint density at radius 3 is 2.38 bits per heavy atom. The zero-order chi connectivity index (χ0) is 23.3. The fourth-order valence-corrected chi connectivity index (χ4v) is 3.08. The molecular weight excluding hydrogens is 412 g/mol. The van der Waals surface area contributed by atoms with Crippen LogP contribution in [0.15, 0.2) is 54.9 Å². The number of aliphatic carboxylic acids is 1.